The van der Waals surface area contributed by atoms with E-state index in [1.54, 1.807) is 11.3 Å². The minimum Gasteiger partial charge on any atom is -0.484 e. The van der Waals surface area contributed by atoms with E-state index >= 15 is 0 Å². The topological polar surface area (TPSA) is 35.2 Å². The molecule has 2 N–H and O–H groups in total. The average Bonchev–Trinajstić information content (AvgIpc) is 2.89. The fraction of sp³-hybridized carbons (Fsp3) is 0.375. The molecule has 0 aliphatic heterocycles. The van der Waals surface area contributed by atoms with Gasteiger partial charge in [0, 0.05) is 11.6 Å². The third kappa shape index (κ3) is 3.58. The van der Waals surface area contributed by atoms with Gasteiger partial charge in [0.1, 0.15) is 11.9 Å². The third-order valence-corrected chi connectivity index (χ3v) is 3.84. The predicted molar refractivity (Wildman–Crippen MR) is 81.9 cm³/mol. The normalized spacial score (nSPS) is 14.4. The molecule has 2 unspecified atom stereocenters. The van der Waals surface area contributed by atoms with Gasteiger partial charge in [0.2, 0.25) is 0 Å². The van der Waals surface area contributed by atoms with E-state index in [1.807, 2.05) is 19.1 Å². The van der Waals surface area contributed by atoms with Gasteiger partial charge < -0.3 is 10.5 Å². The fourth-order valence-corrected chi connectivity index (χ4v) is 2.69. The maximum atomic E-state index is 6.09. The molecular weight excluding hydrogens is 254 g/mol. The quantitative estimate of drug-likeness (QED) is 0.881. The molecule has 0 amide bonds. The van der Waals surface area contributed by atoms with Crippen LogP contribution in [-0.4, -0.2) is 6.04 Å². The summed E-state index contributed by atoms with van der Waals surface area (Å²) < 4.78 is 6.09. The minimum atomic E-state index is -0.0892. The van der Waals surface area contributed by atoms with Crippen molar-refractivity contribution in [2.75, 3.05) is 0 Å². The Balaban J connectivity index is 2.20. The highest BCUT2D eigenvalue weighted by atomic mass is 32.1. The molecule has 2 aromatic rings. The molecule has 2 nitrogen and oxygen atoms in total. The summed E-state index contributed by atoms with van der Waals surface area (Å²) in [4.78, 5) is 0. The zero-order chi connectivity index (χ0) is 13.8. The van der Waals surface area contributed by atoms with Gasteiger partial charge in [0.25, 0.3) is 0 Å². The molecule has 3 heteroatoms. The van der Waals surface area contributed by atoms with Gasteiger partial charge in [-0.05, 0) is 47.4 Å². The molecule has 0 aliphatic rings. The first-order chi connectivity index (χ1) is 9.08. The second kappa shape index (κ2) is 6.22. The first kappa shape index (κ1) is 14.1. The number of rotatable bonds is 5. The summed E-state index contributed by atoms with van der Waals surface area (Å²) in [6.07, 6.45) is -0.0892. The first-order valence-corrected chi connectivity index (χ1v) is 7.56. The van der Waals surface area contributed by atoms with Crippen molar-refractivity contribution in [1.82, 2.24) is 0 Å². The van der Waals surface area contributed by atoms with E-state index in [0.717, 1.165) is 11.3 Å². The minimum absolute atomic E-state index is 0.0442. The van der Waals surface area contributed by atoms with Crippen LogP contribution < -0.4 is 10.5 Å². The largest absolute Gasteiger partial charge is 0.484 e. The number of thiophene rings is 1. The molecule has 0 fully saturated rings. The molecule has 1 aromatic heterocycles. The van der Waals surface area contributed by atoms with Gasteiger partial charge in [0.05, 0.1) is 0 Å². The summed E-state index contributed by atoms with van der Waals surface area (Å²) in [5.74, 6) is 1.39. The SMILES string of the molecule is CC(C)c1cccc(OC(c2ccsc2)C(C)N)c1. The lowest BCUT2D eigenvalue weighted by Crippen LogP contribution is -2.28. The van der Waals surface area contributed by atoms with Crippen molar-refractivity contribution in [3.05, 3.63) is 52.2 Å². The molecule has 1 aromatic carbocycles. The van der Waals surface area contributed by atoms with Crippen molar-refractivity contribution in [2.24, 2.45) is 5.73 Å². The van der Waals surface area contributed by atoms with E-state index in [1.165, 1.54) is 5.56 Å². The van der Waals surface area contributed by atoms with E-state index in [0.29, 0.717) is 5.92 Å². The van der Waals surface area contributed by atoms with Crippen molar-refractivity contribution in [2.45, 2.75) is 38.8 Å². The van der Waals surface area contributed by atoms with Crippen LogP contribution in [0.3, 0.4) is 0 Å². The van der Waals surface area contributed by atoms with E-state index in [9.17, 15) is 0 Å². The fourth-order valence-electron chi connectivity index (χ4n) is 2.01. The molecule has 2 atom stereocenters. The van der Waals surface area contributed by atoms with Crippen molar-refractivity contribution in [3.63, 3.8) is 0 Å². The summed E-state index contributed by atoms with van der Waals surface area (Å²) >= 11 is 1.67. The van der Waals surface area contributed by atoms with E-state index < -0.39 is 0 Å². The number of nitrogens with two attached hydrogens (primary N) is 1. The van der Waals surface area contributed by atoms with Gasteiger partial charge in [-0.2, -0.15) is 11.3 Å². The molecule has 0 bridgehead atoms. The van der Waals surface area contributed by atoms with Crippen LogP contribution >= 0.6 is 11.3 Å². The lowest BCUT2D eigenvalue weighted by atomic mass is 10.0. The van der Waals surface area contributed by atoms with Gasteiger partial charge >= 0.3 is 0 Å². The summed E-state index contributed by atoms with van der Waals surface area (Å²) in [7, 11) is 0. The van der Waals surface area contributed by atoms with Crippen molar-refractivity contribution < 1.29 is 4.74 Å². The van der Waals surface area contributed by atoms with Gasteiger partial charge in [-0.3, -0.25) is 0 Å². The molecule has 2 rings (SSSR count). The molecule has 102 valence electrons. The number of ether oxygens (including phenoxy) is 1. The van der Waals surface area contributed by atoms with Crippen LogP contribution in [0.5, 0.6) is 5.75 Å². The Kier molecular flexibility index (Phi) is 4.61. The Hall–Kier alpha value is -1.32. The van der Waals surface area contributed by atoms with Crippen molar-refractivity contribution in [1.29, 1.82) is 0 Å². The number of benzene rings is 1. The number of hydrogen-bond acceptors (Lipinski definition) is 3. The second-order valence-corrected chi connectivity index (χ2v) is 5.96. The van der Waals surface area contributed by atoms with Crippen LogP contribution in [0.4, 0.5) is 0 Å². The molecule has 0 saturated carbocycles. The molecule has 0 spiro atoms. The molecule has 0 radical (unpaired) electrons. The molecular formula is C16H21NOS. The molecule has 19 heavy (non-hydrogen) atoms. The molecule has 0 aliphatic carbocycles. The zero-order valence-corrected chi connectivity index (χ0v) is 12.5. The van der Waals surface area contributed by atoms with Crippen LogP contribution in [0.25, 0.3) is 0 Å². The van der Waals surface area contributed by atoms with Crippen LogP contribution in [0, 0.1) is 0 Å². The van der Waals surface area contributed by atoms with Crippen LogP contribution in [0.2, 0.25) is 0 Å². The van der Waals surface area contributed by atoms with Crippen molar-refractivity contribution in [3.8, 4) is 5.75 Å². The number of hydrogen-bond donors (Lipinski definition) is 1. The van der Waals surface area contributed by atoms with E-state index in [4.69, 9.17) is 10.5 Å². The lowest BCUT2D eigenvalue weighted by molar-refractivity contribution is 0.181. The standard InChI is InChI=1S/C16H21NOS/c1-11(2)13-5-4-6-15(9-13)18-16(12(3)17)14-7-8-19-10-14/h4-12,16H,17H2,1-3H3. The Morgan fingerprint density at radius 1 is 1.11 bits per heavy atom. The zero-order valence-electron chi connectivity index (χ0n) is 11.7. The van der Waals surface area contributed by atoms with Gasteiger partial charge in [-0.15, -0.1) is 0 Å². The van der Waals surface area contributed by atoms with Gasteiger partial charge in [-0.1, -0.05) is 26.0 Å². The predicted octanol–water partition coefficient (Wildman–Crippen LogP) is 4.34. The summed E-state index contributed by atoms with van der Waals surface area (Å²) in [5.41, 5.74) is 8.48. The Morgan fingerprint density at radius 2 is 1.89 bits per heavy atom. The molecule has 0 saturated heterocycles. The Labute approximate surface area is 119 Å². The van der Waals surface area contributed by atoms with Crippen LogP contribution in [-0.2, 0) is 0 Å². The smallest absolute Gasteiger partial charge is 0.139 e. The van der Waals surface area contributed by atoms with E-state index in [-0.39, 0.29) is 12.1 Å². The highest BCUT2D eigenvalue weighted by Crippen LogP contribution is 2.27. The summed E-state index contributed by atoms with van der Waals surface area (Å²) in [6.45, 7) is 6.34. The summed E-state index contributed by atoms with van der Waals surface area (Å²) in [6, 6.07) is 10.3. The highest BCUT2D eigenvalue weighted by Gasteiger charge is 2.18. The third-order valence-electron chi connectivity index (χ3n) is 3.14. The Bertz CT molecular complexity index is 505. The van der Waals surface area contributed by atoms with Crippen LogP contribution in [0.15, 0.2) is 41.1 Å². The monoisotopic (exact) mass is 275 g/mol. The van der Waals surface area contributed by atoms with Gasteiger partial charge in [0.15, 0.2) is 0 Å². The average molecular weight is 275 g/mol. The van der Waals surface area contributed by atoms with E-state index in [2.05, 4.69) is 42.8 Å². The Morgan fingerprint density at radius 3 is 2.47 bits per heavy atom. The van der Waals surface area contributed by atoms with Crippen LogP contribution in [0.1, 0.15) is 43.9 Å². The summed E-state index contributed by atoms with van der Waals surface area (Å²) in [5, 5.41) is 4.15. The maximum Gasteiger partial charge on any atom is 0.139 e. The second-order valence-electron chi connectivity index (χ2n) is 5.18. The highest BCUT2D eigenvalue weighted by molar-refractivity contribution is 7.07. The van der Waals surface area contributed by atoms with Crippen molar-refractivity contribution >= 4 is 11.3 Å². The molecule has 1 heterocycles. The lowest BCUT2D eigenvalue weighted by Gasteiger charge is -2.22. The first-order valence-electron chi connectivity index (χ1n) is 6.62. The maximum absolute atomic E-state index is 6.09. The van der Waals surface area contributed by atoms with Gasteiger partial charge in [-0.25, -0.2) is 0 Å².